The van der Waals surface area contributed by atoms with Gasteiger partial charge in [0.05, 0.1) is 19.9 Å². The van der Waals surface area contributed by atoms with Crippen LogP contribution in [-0.4, -0.2) is 57.9 Å². The van der Waals surface area contributed by atoms with E-state index in [0.717, 1.165) is 7.11 Å². The van der Waals surface area contributed by atoms with E-state index in [-0.39, 0.29) is 28.9 Å². The fraction of sp³-hybridized carbons (Fsp3) is 0.158. The molecule has 0 unspecified atom stereocenters. The molecule has 0 fully saturated rings. The first-order valence-electron chi connectivity index (χ1n) is 8.96. The van der Waals surface area contributed by atoms with Crippen LogP contribution >= 0.6 is 0 Å². The van der Waals surface area contributed by atoms with Crippen molar-refractivity contribution in [1.82, 2.24) is 5.01 Å². The number of aliphatic imine (C=N–C) groups is 1. The van der Waals surface area contributed by atoms with Gasteiger partial charge in [-0.1, -0.05) is 18.2 Å². The molecule has 0 aromatic heterocycles. The van der Waals surface area contributed by atoms with Crippen molar-refractivity contribution in [1.29, 1.82) is 0 Å². The molecule has 2 heterocycles. The predicted molar refractivity (Wildman–Crippen MR) is 111 cm³/mol. The van der Waals surface area contributed by atoms with E-state index in [1.54, 1.807) is 36.4 Å². The summed E-state index contributed by atoms with van der Waals surface area (Å²) >= 11 is 0. The molecular weight excluding hydrogens is 426 g/mol. The van der Waals surface area contributed by atoms with Crippen LogP contribution in [0.4, 0.5) is 11.4 Å². The average molecular weight is 443 g/mol. The number of hydrogen-bond acceptors (Lipinski definition) is 9. The fourth-order valence-electron chi connectivity index (χ4n) is 3.13. The monoisotopic (exact) mass is 443 g/mol. The van der Waals surface area contributed by atoms with Gasteiger partial charge in [-0.15, -0.1) is 4.40 Å². The Morgan fingerprint density at radius 3 is 2.61 bits per heavy atom. The SMILES string of the molecule is COC(=O)C1=NC2=NS(=O)(=O)c3ccccc3N2N1CC(=O)Nc1cccc(OC)c1. The van der Waals surface area contributed by atoms with Crippen molar-refractivity contribution in [2.75, 3.05) is 31.1 Å². The first-order valence-corrected chi connectivity index (χ1v) is 10.4. The molecular formula is C19H17N5O6S. The van der Waals surface area contributed by atoms with Crippen LogP contribution in [0, 0.1) is 0 Å². The normalized spacial score (nSPS) is 15.9. The Hall–Kier alpha value is -3.93. The summed E-state index contributed by atoms with van der Waals surface area (Å²) in [6.07, 6.45) is 0. The number of nitrogens with one attached hydrogen (secondary N) is 1. The van der Waals surface area contributed by atoms with Gasteiger partial charge in [-0.3, -0.25) is 4.79 Å². The Balaban J connectivity index is 1.69. The van der Waals surface area contributed by atoms with Crippen LogP contribution in [0.25, 0.3) is 0 Å². The molecule has 0 aliphatic carbocycles. The quantitative estimate of drug-likeness (QED) is 0.678. The van der Waals surface area contributed by atoms with Crippen LogP contribution in [0.3, 0.4) is 0 Å². The number of fused-ring (bicyclic) bond motifs is 3. The lowest BCUT2D eigenvalue weighted by Gasteiger charge is -2.32. The number of carbonyl (C=O) groups excluding carboxylic acids is 2. The number of anilines is 2. The number of hydrogen-bond donors (Lipinski definition) is 1. The number of amides is 1. The topological polar surface area (TPSA) is 130 Å². The third-order valence-electron chi connectivity index (χ3n) is 4.47. The van der Waals surface area contributed by atoms with E-state index in [0.29, 0.717) is 11.4 Å². The Kier molecular flexibility index (Phi) is 5.07. The van der Waals surface area contributed by atoms with E-state index >= 15 is 0 Å². The Labute approximate surface area is 177 Å². The second-order valence-electron chi connectivity index (χ2n) is 6.41. The zero-order valence-electron chi connectivity index (χ0n) is 16.5. The second kappa shape index (κ2) is 7.72. The van der Waals surface area contributed by atoms with E-state index in [9.17, 15) is 18.0 Å². The van der Waals surface area contributed by atoms with Crippen molar-refractivity contribution in [3.8, 4) is 5.75 Å². The molecule has 12 heteroatoms. The number of hydrazine groups is 1. The standard InChI is InChI=1S/C19H17N5O6S/c1-29-13-7-5-6-12(10-13)20-16(25)11-23-17(18(26)30-2)21-19-22-31(27,28)15-9-4-3-8-14(15)24(19)23/h3-10H,11H2,1-2H3,(H,20,25). The van der Waals surface area contributed by atoms with Gasteiger partial charge in [-0.25, -0.2) is 14.8 Å². The van der Waals surface area contributed by atoms with Gasteiger partial charge in [-0.2, -0.15) is 13.4 Å². The number of benzene rings is 2. The number of guanidine groups is 1. The third kappa shape index (κ3) is 3.68. The van der Waals surface area contributed by atoms with Crippen LogP contribution in [0.5, 0.6) is 5.75 Å². The van der Waals surface area contributed by atoms with Crippen LogP contribution < -0.4 is 15.1 Å². The van der Waals surface area contributed by atoms with Crippen molar-refractivity contribution in [3.05, 3.63) is 48.5 Å². The number of para-hydroxylation sites is 1. The maximum Gasteiger partial charge on any atom is 0.375 e. The summed E-state index contributed by atoms with van der Waals surface area (Å²) in [6.45, 7) is -0.363. The number of sulfonamides is 1. The molecule has 31 heavy (non-hydrogen) atoms. The van der Waals surface area contributed by atoms with Crippen LogP contribution in [0.2, 0.25) is 0 Å². The molecule has 11 nitrogen and oxygen atoms in total. The van der Waals surface area contributed by atoms with Gasteiger partial charge < -0.3 is 14.8 Å². The smallest absolute Gasteiger partial charge is 0.375 e. The molecule has 0 radical (unpaired) electrons. The van der Waals surface area contributed by atoms with Gasteiger partial charge in [0, 0.05) is 11.8 Å². The van der Waals surface area contributed by atoms with Crippen LogP contribution in [0.15, 0.2) is 62.8 Å². The summed E-state index contributed by atoms with van der Waals surface area (Å²) in [7, 11) is -1.35. The molecule has 0 saturated carbocycles. The molecule has 1 amide bonds. The summed E-state index contributed by atoms with van der Waals surface area (Å²) in [5.74, 6) is -1.30. The van der Waals surface area contributed by atoms with Crippen molar-refractivity contribution in [2.45, 2.75) is 4.90 Å². The van der Waals surface area contributed by atoms with E-state index < -0.39 is 21.9 Å². The number of rotatable bonds is 5. The minimum Gasteiger partial charge on any atom is -0.497 e. The number of amidine groups is 1. The molecule has 0 saturated heterocycles. The highest BCUT2D eigenvalue weighted by atomic mass is 32.2. The lowest BCUT2D eigenvalue weighted by Crippen LogP contribution is -2.50. The lowest BCUT2D eigenvalue weighted by atomic mass is 10.3. The number of esters is 1. The van der Waals surface area contributed by atoms with E-state index in [2.05, 4.69) is 14.7 Å². The minimum absolute atomic E-state index is 0.0710. The van der Waals surface area contributed by atoms with Gasteiger partial charge >= 0.3 is 5.97 Å². The maximum absolute atomic E-state index is 12.8. The number of carbonyl (C=O) groups is 2. The summed E-state index contributed by atoms with van der Waals surface area (Å²) < 4.78 is 38.5. The molecule has 2 aromatic carbocycles. The first kappa shape index (κ1) is 20.3. The largest absolute Gasteiger partial charge is 0.497 e. The Morgan fingerprint density at radius 2 is 1.87 bits per heavy atom. The highest BCUT2D eigenvalue weighted by Crippen LogP contribution is 2.35. The van der Waals surface area contributed by atoms with Gasteiger partial charge in [0.25, 0.3) is 16.0 Å². The van der Waals surface area contributed by atoms with Gasteiger partial charge in [0.15, 0.2) is 0 Å². The highest BCUT2D eigenvalue weighted by molar-refractivity contribution is 7.90. The molecule has 1 N–H and O–H groups in total. The van der Waals surface area contributed by atoms with E-state index in [1.807, 2.05) is 0 Å². The molecule has 160 valence electrons. The summed E-state index contributed by atoms with van der Waals surface area (Å²) in [5, 5.41) is 5.22. The van der Waals surface area contributed by atoms with Crippen LogP contribution in [0.1, 0.15) is 0 Å². The molecule has 0 spiro atoms. The molecule has 2 aromatic rings. The van der Waals surface area contributed by atoms with Crippen molar-refractivity contribution in [2.24, 2.45) is 9.39 Å². The summed E-state index contributed by atoms with van der Waals surface area (Å²) in [5.41, 5.74) is 0.694. The van der Waals surface area contributed by atoms with Gasteiger partial charge in [0.1, 0.15) is 17.2 Å². The highest BCUT2D eigenvalue weighted by Gasteiger charge is 2.43. The molecule has 2 aliphatic rings. The molecule has 0 atom stereocenters. The maximum atomic E-state index is 12.8. The molecule has 2 aliphatic heterocycles. The number of nitrogens with zero attached hydrogens (tertiary/aromatic N) is 4. The second-order valence-corrected chi connectivity index (χ2v) is 7.98. The van der Waals surface area contributed by atoms with E-state index in [1.165, 1.54) is 29.3 Å². The Morgan fingerprint density at radius 1 is 1.10 bits per heavy atom. The summed E-state index contributed by atoms with van der Waals surface area (Å²) in [6, 6.07) is 12.8. The Bertz CT molecular complexity index is 1240. The fourth-order valence-corrected chi connectivity index (χ4v) is 4.23. The van der Waals surface area contributed by atoms with E-state index in [4.69, 9.17) is 9.47 Å². The number of methoxy groups -OCH3 is 2. The van der Waals surface area contributed by atoms with Gasteiger partial charge in [0.2, 0.25) is 11.7 Å². The van der Waals surface area contributed by atoms with Crippen LogP contribution in [-0.2, 0) is 24.3 Å². The average Bonchev–Trinajstić information content (AvgIpc) is 3.10. The zero-order valence-corrected chi connectivity index (χ0v) is 17.3. The minimum atomic E-state index is -4.01. The first-order chi connectivity index (χ1) is 14.8. The van der Waals surface area contributed by atoms with Crippen molar-refractivity contribution >= 4 is 45.1 Å². The summed E-state index contributed by atoms with van der Waals surface area (Å²) in [4.78, 5) is 29.0. The predicted octanol–water partition coefficient (Wildman–Crippen LogP) is 1.00. The van der Waals surface area contributed by atoms with Crippen molar-refractivity contribution < 1.29 is 27.5 Å². The number of ether oxygens (including phenoxy) is 2. The molecule has 0 bridgehead atoms. The third-order valence-corrected chi connectivity index (χ3v) is 5.77. The molecule has 4 rings (SSSR count). The lowest BCUT2D eigenvalue weighted by molar-refractivity contribution is -0.133. The van der Waals surface area contributed by atoms with Gasteiger partial charge in [-0.05, 0) is 24.3 Å². The zero-order chi connectivity index (χ0) is 22.2. The van der Waals surface area contributed by atoms with Crippen molar-refractivity contribution in [3.63, 3.8) is 0 Å².